The van der Waals surface area contributed by atoms with Crippen LogP contribution in [0.2, 0.25) is 0 Å². The molecule has 0 radical (unpaired) electrons. The van der Waals surface area contributed by atoms with Gasteiger partial charge in [-0.2, -0.15) is 0 Å². The summed E-state index contributed by atoms with van der Waals surface area (Å²) in [6.45, 7) is 0. The summed E-state index contributed by atoms with van der Waals surface area (Å²) in [7, 11) is 1.61. The molecule has 0 bridgehead atoms. The summed E-state index contributed by atoms with van der Waals surface area (Å²) in [4.78, 5) is 19.1. The van der Waals surface area contributed by atoms with Crippen LogP contribution >= 0.6 is 22.6 Å². The van der Waals surface area contributed by atoms with E-state index in [0.29, 0.717) is 28.5 Å². The Hall–Kier alpha value is -2.68. The van der Waals surface area contributed by atoms with Gasteiger partial charge in [-0.05, 0) is 58.0 Å². The maximum Gasteiger partial charge on any atom is 0.259 e. The minimum absolute atomic E-state index is 0.235. The van der Waals surface area contributed by atoms with E-state index in [1.54, 1.807) is 25.8 Å². The third-order valence-electron chi connectivity index (χ3n) is 4.31. The van der Waals surface area contributed by atoms with Crippen LogP contribution in [0.15, 0.2) is 58.3 Å². The van der Waals surface area contributed by atoms with E-state index < -0.39 is 5.82 Å². The summed E-state index contributed by atoms with van der Waals surface area (Å²) in [6.07, 6.45) is 6.39. The number of benzene rings is 1. The second-order valence-electron chi connectivity index (χ2n) is 6.03. The van der Waals surface area contributed by atoms with E-state index in [1.165, 1.54) is 6.07 Å². The van der Waals surface area contributed by atoms with E-state index in [0.717, 1.165) is 26.6 Å². The van der Waals surface area contributed by atoms with E-state index in [1.807, 2.05) is 18.2 Å². The lowest BCUT2D eigenvalue weighted by molar-refractivity contribution is 0.412. The van der Waals surface area contributed by atoms with Crippen LogP contribution in [0.3, 0.4) is 0 Å². The van der Waals surface area contributed by atoms with Crippen LogP contribution in [0.5, 0.6) is 5.75 Å². The highest BCUT2D eigenvalue weighted by Gasteiger charge is 2.17. The fourth-order valence-electron chi connectivity index (χ4n) is 3.06. The predicted molar refractivity (Wildman–Crippen MR) is 109 cm³/mol. The second-order valence-corrected chi connectivity index (χ2v) is 7.20. The summed E-state index contributed by atoms with van der Waals surface area (Å²) in [5.74, 6) is 0.850. The number of ether oxygens (including phenoxy) is 1. The molecule has 1 aromatic carbocycles. The summed E-state index contributed by atoms with van der Waals surface area (Å²) in [5.41, 5.74) is 2.09. The molecule has 0 saturated heterocycles. The van der Waals surface area contributed by atoms with Gasteiger partial charge in [0.05, 0.1) is 28.5 Å². The Labute approximate surface area is 167 Å². The fraction of sp³-hybridized carbons (Fsp3) is 0.100. The minimum atomic E-state index is -0.395. The molecule has 0 aliphatic heterocycles. The Kier molecular flexibility index (Phi) is 4.69. The Morgan fingerprint density at radius 3 is 2.89 bits per heavy atom. The summed E-state index contributed by atoms with van der Waals surface area (Å²) in [6, 6.07) is 7.01. The number of methoxy groups -OCH3 is 1. The van der Waals surface area contributed by atoms with E-state index in [2.05, 4.69) is 32.6 Å². The van der Waals surface area contributed by atoms with Gasteiger partial charge in [-0.15, -0.1) is 0 Å². The predicted octanol–water partition coefficient (Wildman–Crippen LogP) is 4.53. The first kappa shape index (κ1) is 17.7. The number of hydrogen-bond donors (Lipinski definition) is 1. The Morgan fingerprint density at radius 1 is 1.30 bits per heavy atom. The maximum absolute atomic E-state index is 13.4. The Bertz CT molecular complexity index is 1200. The van der Waals surface area contributed by atoms with E-state index in [4.69, 9.17) is 9.15 Å². The van der Waals surface area contributed by atoms with Crippen molar-refractivity contribution in [3.63, 3.8) is 0 Å². The molecule has 136 valence electrons. The number of aromatic nitrogens is 2. The summed E-state index contributed by atoms with van der Waals surface area (Å²) >= 11 is 2.17. The van der Waals surface area contributed by atoms with Gasteiger partial charge in [0, 0.05) is 29.8 Å². The highest BCUT2D eigenvalue weighted by atomic mass is 127. The number of pyridine rings is 2. The molecule has 7 heteroatoms. The third-order valence-corrected chi connectivity index (χ3v) is 5.15. The first-order valence-corrected chi connectivity index (χ1v) is 9.20. The average Bonchev–Trinajstić information content (AvgIpc) is 3.10. The van der Waals surface area contributed by atoms with Crippen molar-refractivity contribution < 1.29 is 13.5 Å². The van der Waals surface area contributed by atoms with Crippen LogP contribution in [-0.2, 0) is 6.42 Å². The topological polar surface area (TPSA) is 68.1 Å². The number of halogens is 2. The molecule has 0 atom stereocenters. The largest absolute Gasteiger partial charge is 0.496 e. The molecule has 4 aromatic rings. The number of furan rings is 1. The molecule has 0 amide bonds. The molecule has 1 N–H and O–H groups in total. The quantitative estimate of drug-likeness (QED) is 0.440. The second kappa shape index (κ2) is 7.15. The highest BCUT2D eigenvalue weighted by molar-refractivity contribution is 14.1. The van der Waals surface area contributed by atoms with Crippen molar-refractivity contribution in [2.45, 2.75) is 6.42 Å². The van der Waals surface area contributed by atoms with Crippen molar-refractivity contribution in [1.29, 1.82) is 0 Å². The van der Waals surface area contributed by atoms with Gasteiger partial charge < -0.3 is 14.1 Å². The van der Waals surface area contributed by atoms with E-state index in [-0.39, 0.29) is 5.56 Å². The molecule has 0 unspecified atom stereocenters. The number of fused-ring (bicyclic) bond motifs is 1. The van der Waals surface area contributed by atoms with Gasteiger partial charge in [0.15, 0.2) is 0 Å². The number of nitrogens with one attached hydrogen (secondary N) is 1. The van der Waals surface area contributed by atoms with Crippen LogP contribution in [0.25, 0.3) is 22.1 Å². The number of nitrogens with zero attached hydrogens (tertiary/aromatic N) is 1. The Morgan fingerprint density at radius 2 is 2.15 bits per heavy atom. The van der Waals surface area contributed by atoms with E-state index >= 15 is 0 Å². The third kappa shape index (κ3) is 3.34. The molecule has 0 aliphatic rings. The normalized spacial score (nSPS) is 11.1. The maximum atomic E-state index is 13.4. The van der Waals surface area contributed by atoms with Crippen LogP contribution in [-0.4, -0.2) is 17.1 Å². The summed E-state index contributed by atoms with van der Waals surface area (Å²) in [5, 5.41) is 1.17. The molecule has 0 aliphatic carbocycles. The number of H-pyrrole nitrogens is 1. The van der Waals surface area contributed by atoms with Gasteiger partial charge in [-0.1, -0.05) is 0 Å². The number of hydrogen-bond acceptors (Lipinski definition) is 4. The molecule has 0 fully saturated rings. The molecule has 0 saturated carbocycles. The van der Waals surface area contributed by atoms with Crippen molar-refractivity contribution in [2.75, 3.05) is 7.11 Å². The first-order valence-electron chi connectivity index (χ1n) is 8.12. The number of aromatic amines is 1. The van der Waals surface area contributed by atoms with Gasteiger partial charge in [-0.3, -0.25) is 9.78 Å². The first-order chi connectivity index (χ1) is 13.1. The van der Waals surface area contributed by atoms with Crippen molar-refractivity contribution in [3.05, 3.63) is 80.0 Å². The molecule has 0 spiro atoms. The van der Waals surface area contributed by atoms with Gasteiger partial charge in [-0.25, -0.2) is 4.39 Å². The summed E-state index contributed by atoms with van der Waals surface area (Å²) < 4.78 is 25.4. The monoisotopic (exact) mass is 476 g/mol. The van der Waals surface area contributed by atoms with Crippen LogP contribution in [0.4, 0.5) is 4.39 Å². The van der Waals surface area contributed by atoms with E-state index in [9.17, 15) is 9.18 Å². The lowest BCUT2D eigenvalue weighted by Crippen LogP contribution is -2.07. The molecule has 3 aromatic heterocycles. The van der Waals surface area contributed by atoms with Crippen LogP contribution < -0.4 is 10.3 Å². The van der Waals surface area contributed by atoms with Gasteiger partial charge in [0.2, 0.25) is 0 Å². The zero-order chi connectivity index (χ0) is 19.0. The standard InChI is InChI=1S/C20H14FIN2O3/c1-26-17-3-2-12(6-16(17)22)19-18-15(10-27-19)13(8-24-20(18)25)4-11-5-14(21)9-23-7-11/h2-3,5-10H,4H2,1H3,(H,24,25). The lowest BCUT2D eigenvalue weighted by Gasteiger charge is -2.06. The molecular weight excluding hydrogens is 462 g/mol. The van der Waals surface area contributed by atoms with Crippen molar-refractivity contribution >= 4 is 33.4 Å². The molecule has 27 heavy (non-hydrogen) atoms. The molecule has 3 heterocycles. The molecule has 5 nitrogen and oxygen atoms in total. The van der Waals surface area contributed by atoms with Gasteiger partial charge in [0.1, 0.15) is 17.3 Å². The van der Waals surface area contributed by atoms with Gasteiger partial charge in [0.25, 0.3) is 5.56 Å². The molecule has 4 rings (SSSR count). The zero-order valence-corrected chi connectivity index (χ0v) is 16.4. The smallest absolute Gasteiger partial charge is 0.259 e. The lowest BCUT2D eigenvalue weighted by atomic mass is 10.0. The van der Waals surface area contributed by atoms with Crippen molar-refractivity contribution in [2.24, 2.45) is 0 Å². The van der Waals surface area contributed by atoms with Gasteiger partial charge >= 0.3 is 0 Å². The average molecular weight is 476 g/mol. The van der Waals surface area contributed by atoms with Crippen molar-refractivity contribution in [3.8, 4) is 17.1 Å². The SMILES string of the molecule is COc1ccc(-c2occ3c(Cc4cncc(F)c4)c[nH]c(=O)c23)cc1I. The van der Waals surface area contributed by atoms with Crippen LogP contribution in [0.1, 0.15) is 11.1 Å². The van der Waals surface area contributed by atoms with Crippen LogP contribution in [0, 0.1) is 9.39 Å². The molecular formula is C20H14FIN2O3. The number of rotatable bonds is 4. The van der Waals surface area contributed by atoms with Crippen molar-refractivity contribution in [1.82, 2.24) is 9.97 Å². The Balaban J connectivity index is 1.83. The highest BCUT2D eigenvalue weighted by Crippen LogP contribution is 2.33. The minimum Gasteiger partial charge on any atom is -0.496 e. The zero-order valence-electron chi connectivity index (χ0n) is 14.3. The fourth-order valence-corrected chi connectivity index (χ4v) is 3.80.